The van der Waals surface area contributed by atoms with Gasteiger partial charge in [0.05, 0.1) is 12.2 Å². The first kappa shape index (κ1) is 14.9. The number of nitriles is 1. The first-order valence-electron chi connectivity index (χ1n) is 6.80. The lowest BCUT2D eigenvalue weighted by atomic mass is 9.92. The van der Waals surface area contributed by atoms with E-state index in [9.17, 15) is 10.1 Å². The molecule has 0 atom stereocenters. The molecule has 0 saturated heterocycles. The van der Waals surface area contributed by atoms with E-state index in [2.05, 4.69) is 11.1 Å². The number of aryl methyl sites for hydroxylation is 1. The highest BCUT2D eigenvalue weighted by Gasteiger charge is 2.23. The molecule has 0 spiro atoms. The van der Waals surface area contributed by atoms with E-state index in [1.54, 1.807) is 31.2 Å². The van der Waals surface area contributed by atoms with Crippen molar-refractivity contribution in [3.8, 4) is 17.2 Å². The van der Waals surface area contributed by atoms with Gasteiger partial charge in [-0.3, -0.25) is 0 Å². The molecule has 0 amide bonds. The molecule has 5 heteroatoms. The van der Waals surface area contributed by atoms with Gasteiger partial charge in [0.15, 0.2) is 0 Å². The number of ether oxygens (including phenoxy) is 1. The van der Waals surface area contributed by atoms with Gasteiger partial charge in [-0.05, 0) is 18.9 Å². The highest BCUT2D eigenvalue weighted by atomic mass is 16.5. The number of esters is 1. The number of hydrogen-bond donors (Lipinski definition) is 1. The zero-order valence-corrected chi connectivity index (χ0v) is 12.1. The molecule has 1 aromatic carbocycles. The number of carbonyl (C=O) groups excluding carboxylic acids is 1. The normalized spacial score (nSPS) is 10.1. The van der Waals surface area contributed by atoms with Crippen LogP contribution in [-0.4, -0.2) is 25.4 Å². The lowest BCUT2D eigenvalue weighted by Crippen LogP contribution is -2.07. The van der Waals surface area contributed by atoms with Gasteiger partial charge in [-0.25, -0.2) is 4.79 Å². The van der Waals surface area contributed by atoms with Gasteiger partial charge in [0, 0.05) is 11.3 Å². The number of nitrogens with zero attached hydrogens (tertiary/aromatic N) is 1. The average molecular weight is 278 g/mol. The molecule has 1 N–H and O–H groups in total. The molecule has 4 nitrogen and oxygen atoms in total. The Bertz CT molecular complexity index is 696. The summed E-state index contributed by atoms with van der Waals surface area (Å²) in [6, 6.07) is 9.24. The Labute approximate surface area is 125 Å². The van der Waals surface area contributed by atoms with E-state index in [-0.39, 0.29) is 6.61 Å². The minimum absolute atomic E-state index is 0.280. The maximum Gasteiger partial charge on any atom is 0.355 e. The van der Waals surface area contributed by atoms with Gasteiger partial charge in [-0.1, -0.05) is 36.7 Å². The van der Waals surface area contributed by atoms with Crippen LogP contribution in [0.4, 0.5) is 0 Å². The van der Waals surface area contributed by atoms with Crippen LogP contribution in [0.5, 0.6) is 0 Å². The van der Waals surface area contributed by atoms with Crippen molar-refractivity contribution >= 4 is 19.3 Å². The van der Waals surface area contributed by atoms with Crippen molar-refractivity contribution in [2.24, 2.45) is 0 Å². The molecule has 1 heterocycles. The first-order chi connectivity index (χ1) is 10.1. The Morgan fingerprint density at radius 3 is 2.52 bits per heavy atom. The highest BCUT2D eigenvalue weighted by Crippen LogP contribution is 2.30. The minimum Gasteiger partial charge on any atom is -0.461 e. The second-order valence-electron chi connectivity index (χ2n) is 4.54. The Morgan fingerprint density at radius 2 is 2.00 bits per heavy atom. The quantitative estimate of drug-likeness (QED) is 0.687. The third kappa shape index (κ3) is 2.85. The fourth-order valence-electron chi connectivity index (χ4n) is 2.24. The topological polar surface area (TPSA) is 65.9 Å². The van der Waals surface area contributed by atoms with E-state index in [4.69, 9.17) is 12.6 Å². The highest BCUT2D eigenvalue weighted by molar-refractivity contribution is 6.32. The molecule has 21 heavy (non-hydrogen) atoms. The monoisotopic (exact) mass is 278 g/mol. The smallest absolute Gasteiger partial charge is 0.355 e. The van der Waals surface area contributed by atoms with Crippen molar-refractivity contribution in [2.45, 2.75) is 20.3 Å². The zero-order valence-electron chi connectivity index (χ0n) is 12.1. The Morgan fingerprint density at radius 1 is 1.33 bits per heavy atom. The Hall–Kier alpha value is -2.48. The van der Waals surface area contributed by atoms with E-state index >= 15 is 0 Å². The second-order valence-corrected chi connectivity index (χ2v) is 4.54. The van der Waals surface area contributed by atoms with Crippen molar-refractivity contribution in [2.75, 3.05) is 6.61 Å². The van der Waals surface area contributed by atoms with Crippen LogP contribution in [0.3, 0.4) is 0 Å². The summed E-state index contributed by atoms with van der Waals surface area (Å²) in [7, 11) is 5.69. The summed E-state index contributed by atoms with van der Waals surface area (Å²) in [5, 5.41) is 9.42. The van der Waals surface area contributed by atoms with Crippen LogP contribution < -0.4 is 5.46 Å². The number of benzene rings is 1. The number of carbonyl (C=O) groups is 1. The third-order valence-corrected chi connectivity index (χ3v) is 3.22. The van der Waals surface area contributed by atoms with Gasteiger partial charge in [-0.15, -0.1) is 0 Å². The van der Waals surface area contributed by atoms with E-state index in [0.29, 0.717) is 28.7 Å². The van der Waals surface area contributed by atoms with Crippen molar-refractivity contribution in [1.82, 2.24) is 4.98 Å². The maximum absolute atomic E-state index is 12.1. The number of nitrogens with one attached hydrogen (secondary N) is 1. The predicted molar refractivity (Wildman–Crippen MR) is 81.7 cm³/mol. The lowest BCUT2D eigenvalue weighted by molar-refractivity contribution is 0.0521. The zero-order chi connectivity index (χ0) is 15.4. The molecule has 2 aromatic rings. The molecular weight excluding hydrogens is 263 g/mol. The molecule has 104 valence electrons. The van der Waals surface area contributed by atoms with Crippen LogP contribution in [-0.2, 0) is 11.2 Å². The number of hydrogen-bond acceptors (Lipinski definition) is 3. The predicted octanol–water partition coefficient (Wildman–Crippen LogP) is 2.09. The van der Waals surface area contributed by atoms with Gasteiger partial charge < -0.3 is 9.72 Å². The summed E-state index contributed by atoms with van der Waals surface area (Å²) in [6.45, 7) is 3.95. The van der Waals surface area contributed by atoms with Crippen LogP contribution in [0.25, 0.3) is 11.1 Å². The van der Waals surface area contributed by atoms with Crippen LogP contribution >= 0.6 is 0 Å². The number of H-pyrrole nitrogens is 1. The Kier molecular flexibility index (Phi) is 4.49. The summed E-state index contributed by atoms with van der Waals surface area (Å²) >= 11 is 0. The first-order valence-corrected chi connectivity index (χ1v) is 6.80. The molecule has 0 unspecified atom stereocenters. The molecule has 2 rings (SSSR count). The van der Waals surface area contributed by atoms with Crippen molar-refractivity contribution in [3.63, 3.8) is 0 Å². The van der Waals surface area contributed by atoms with Gasteiger partial charge in [0.1, 0.15) is 19.6 Å². The standard InChI is InChI=1S/C16H15BN2O2/c1-3-13-12(9-18)14(10-5-7-11(17)8-6-10)15(19-13)16(20)21-4-2/h5-8,19H,3-4H2,1-2H3. The summed E-state index contributed by atoms with van der Waals surface area (Å²) in [4.78, 5) is 15.1. The van der Waals surface area contributed by atoms with Crippen molar-refractivity contribution < 1.29 is 9.53 Å². The van der Waals surface area contributed by atoms with Crippen LogP contribution in [0.15, 0.2) is 24.3 Å². The van der Waals surface area contributed by atoms with Gasteiger partial charge >= 0.3 is 5.97 Å². The molecule has 0 bridgehead atoms. The summed E-state index contributed by atoms with van der Waals surface area (Å²) in [6.07, 6.45) is 0.629. The summed E-state index contributed by atoms with van der Waals surface area (Å²) in [5.74, 6) is -0.458. The third-order valence-electron chi connectivity index (χ3n) is 3.22. The second kappa shape index (κ2) is 6.32. The SMILES string of the molecule is [B]c1ccc(-c2c(C(=O)OCC)[nH]c(CC)c2C#N)cc1. The molecule has 1 aromatic heterocycles. The molecule has 0 aliphatic carbocycles. The number of aromatic nitrogens is 1. The van der Waals surface area contributed by atoms with Gasteiger partial charge in [0.2, 0.25) is 0 Å². The summed E-state index contributed by atoms with van der Waals surface area (Å²) < 4.78 is 5.07. The largest absolute Gasteiger partial charge is 0.461 e. The fraction of sp³-hybridized carbons (Fsp3) is 0.250. The van der Waals surface area contributed by atoms with Crippen LogP contribution in [0.1, 0.15) is 35.6 Å². The summed E-state index contributed by atoms with van der Waals surface area (Å²) in [5.41, 5.74) is 3.49. The maximum atomic E-state index is 12.1. The fourth-order valence-corrected chi connectivity index (χ4v) is 2.24. The molecular formula is C16H15BN2O2. The van der Waals surface area contributed by atoms with E-state index in [0.717, 1.165) is 11.3 Å². The minimum atomic E-state index is -0.458. The Balaban J connectivity index is 2.66. The average Bonchev–Trinajstić information content (AvgIpc) is 2.87. The molecule has 0 aliphatic heterocycles. The van der Waals surface area contributed by atoms with E-state index < -0.39 is 5.97 Å². The van der Waals surface area contributed by atoms with Crippen molar-refractivity contribution in [3.05, 3.63) is 41.2 Å². The van der Waals surface area contributed by atoms with E-state index in [1.807, 2.05) is 6.92 Å². The molecule has 2 radical (unpaired) electrons. The number of rotatable bonds is 4. The van der Waals surface area contributed by atoms with Crippen LogP contribution in [0.2, 0.25) is 0 Å². The molecule has 0 aliphatic rings. The number of aromatic amines is 1. The van der Waals surface area contributed by atoms with Gasteiger partial charge in [0.25, 0.3) is 0 Å². The molecule has 0 saturated carbocycles. The van der Waals surface area contributed by atoms with Gasteiger partial charge in [-0.2, -0.15) is 5.26 Å². The van der Waals surface area contributed by atoms with Crippen molar-refractivity contribution in [1.29, 1.82) is 5.26 Å². The lowest BCUT2D eigenvalue weighted by Gasteiger charge is -2.05. The van der Waals surface area contributed by atoms with Crippen LogP contribution in [0, 0.1) is 11.3 Å². The van der Waals surface area contributed by atoms with E-state index in [1.165, 1.54) is 0 Å². The molecule has 0 fully saturated rings.